The smallest absolute Gasteiger partial charge is 0.209 e. The number of hydrogen-bond donors (Lipinski definition) is 4. The Balaban J connectivity index is 1.53. The summed E-state index contributed by atoms with van der Waals surface area (Å²) in [5.41, 5.74) is 13.3. The summed E-state index contributed by atoms with van der Waals surface area (Å²) in [7, 11) is 0. The van der Waals surface area contributed by atoms with Gasteiger partial charge in [0.1, 0.15) is 5.75 Å². The monoisotopic (exact) mass is 387 g/mol. The molecule has 0 spiro atoms. The highest BCUT2D eigenvalue weighted by Crippen LogP contribution is 2.23. The summed E-state index contributed by atoms with van der Waals surface area (Å²) in [5.74, 6) is -0.0780. The molecule has 6 N–H and O–H groups in total. The zero-order chi connectivity index (χ0) is 19.4. The Labute approximate surface area is 162 Å². The molecule has 0 radical (unpaired) electrons. The van der Waals surface area contributed by atoms with Crippen LogP contribution < -0.4 is 16.8 Å². The van der Waals surface area contributed by atoms with Gasteiger partial charge in [0, 0.05) is 17.8 Å². The Hall–Kier alpha value is -2.80. The van der Waals surface area contributed by atoms with Crippen molar-refractivity contribution < 1.29 is 9.90 Å². The van der Waals surface area contributed by atoms with Crippen molar-refractivity contribution in [3.8, 4) is 5.75 Å². The second kappa shape index (κ2) is 8.26. The highest BCUT2D eigenvalue weighted by molar-refractivity contribution is 6.31. The van der Waals surface area contributed by atoms with Crippen molar-refractivity contribution in [1.82, 2.24) is 15.3 Å². The molecule has 1 saturated heterocycles. The molecule has 3 rings (SSSR count). The van der Waals surface area contributed by atoms with Crippen LogP contribution in [-0.4, -0.2) is 26.9 Å². The van der Waals surface area contributed by atoms with E-state index in [1.807, 2.05) is 12.1 Å². The molecule has 27 heavy (non-hydrogen) atoms. The minimum Gasteiger partial charge on any atom is -0.508 e. The van der Waals surface area contributed by atoms with E-state index in [0.717, 1.165) is 37.8 Å². The number of phenolic OH excluding ortho intramolecular Hbond substituents is 1. The first kappa shape index (κ1) is 19.0. The van der Waals surface area contributed by atoms with Crippen molar-refractivity contribution in [1.29, 1.82) is 0 Å². The van der Waals surface area contributed by atoms with Crippen LogP contribution in [0.4, 0.5) is 11.6 Å². The largest absolute Gasteiger partial charge is 0.508 e. The number of carbonyl (C=O) groups excluding carboxylic acids is 1. The van der Waals surface area contributed by atoms with Crippen LogP contribution in [0.2, 0.25) is 5.15 Å². The summed E-state index contributed by atoms with van der Waals surface area (Å²) in [6.45, 7) is 0. The van der Waals surface area contributed by atoms with Gasteiger partial charge >= 0.3 is 0 Å². The molecule has 0 bridgehead atoms. The molecule has 2 aromatic rings. The van der Waals surface area contributed by atoms with E-state index in [-0.39, 0.29) is 34.0 Å². The number of phenols is 1. The van der Waals surface area contributed by atoms with Gasteiger partial charge < -0.3 is 21.9 Å². The maximum absolute atomic E-state index is 12.4. The van der Waals surface area contributed by atoms with Crippen molar-refractivity contribution in [2.24, 2.45) is 0 Å². The van der Waals surface area contributed by atoms with Crippen LogP contribution in [0.3, 0.4) is 0 Å². The number of nitrogen functional groups attached to an aromatic ring is 2. The number of anilines is 2. The Morgan fingerprint density at radius 2 is 2.00 bits per heavy atom. The number of carbonyl (C=O) groups is 1. The summed E-state index contributed by atoms with van der Waals surface area (Å²) in [4.78, 5) is 20.2. The average molecular weight is 388 g/mol. The van der Waals surface area contributed by atoms with Gasteiger partial charge in [0.15, 0.2) is 22.5 Å². The lowest BCUT2D eigenvalue weighted by Gasteiger charge is -2.11. The number of benzene rings is 1. The Morgan fingerprint density at radius 3 is 2.74 bits per heavy atom. The highest BCUT2D eigenvalue weighted by atomic mass is 35.5. The summed E-state index contributed by atoms with van der Waals surface area (Å²) in [6.07, 6.45) is 6.25. The molecule has 0 unspecified atom stereocenters. The fourth-order valence-corrected chi connectivity index (χ4v) is 3.26. The van der Waals surface area contributed by atoms with Crippen LogP contribution in [0.1, 0.15) is 41.7 Å². The van der Waals surface area contributed by atoms with Crippen LogP contribution in [0.5, 0.6) is 5.75 Å². The first-order valence-corrected chi connectivity index (χ1v) is 9.18. The molecule has 1 fully saturated rings. The zero-order valence-electron chi connectivity index (χ0n) is 14.8. The molecular formula is C19H22ClN5O2. The molecule has 8 heteroatoms. The van der Waals surface area contributed by atoms with Crippen LogP contribution in [0, 0.1) is 0 Å². The first-order chi connectivity index (χ1) is 12.9. The van der Waals surface area contributed by atoms with Gasteiger partial charge in [-0.3, -0.25) is 4.79 Å². The first-order valence-electron chi connectivity index (χ1n) is 8.80. The van der Waals surface area contributed by atoms with Crippen molar-refractivity contribution in [3.05, 3.63) is 52.4 Å². The number of aromatic hydroxyl groups is 1. The zero-order valence-corrected chi connectivity index (χ0v) is 15.5. The fourth-order valence-electron chi connectivity index (χ4n) is 3.13. The second-order valence-corrected chi connectivity index (χ2v) is 6.96. The molecule has 142 valence electrons. The molecule has 1 aliphatic heterocycles. The number of halogens is 1. The second-order valence-electron chi connectivity index (χ2n) is 6.61. The molecule has 0 aliphatic carbocycles. The van der Waals surface area contributed by atoms with E-state index >= 15 is 0 Å². The van der Waals surface area contributed by atoms with Gasteiger partial charge in [0.2, 0.25) is 5.78 Å². The minimum absolute atomic E-state index is 0.00561. The predicted molar refractivity (Wildman–Crippen MR) is 105 cm³/mol. The summed E-state index contributed by atoms with van der Waals surface area (Å²) < 4.78 is 0. The lowest BCUT2D eigenvalue weighted by molar-refractivity contribution is 0.104. The average Bonchev–Trinajstić information content (AvgIpc) is 3.07. The number of nitrogens with one attached hydrogen (secondary N) is 1. The van der Waals surface area contributed by atoms with Crippen LogP contribution in [-0.2, 0) is 6.42 Å². The number of rotatable bonds is 6. The van der Waals surface area contributed by atoms with Gasteiger partial charge in [0.05, 0.1) is 0 Å². The number of ketones is 1. The maximum Gasteiger partial charge on any atom is 0.209 e. The molecule has 0 amide bonds. The Bertz CT molecular complexity index is 867. The molecule has 1 atom stereocenters. The number of nitrogens with two attached hydrogens (primary N) is 2. The quantitative estimate of drug-likeness (QED) is 0.443. The van der Waals surface area contributed by atoms with E-state index in [9.17, 15) is 9.90 Å². The van der Waals surface area contributed by atoms with Crippen LogP contribution in [0.25, 0.3) is 0 Å². The molecule has 7 nitrogen and oxygen atoms in total. The highest BCUT2D eigenvalue weighted by Gasteiger charge is 2.20. The lowest BCUT2D eigenvalue weighted by Crippen LogP contribution is -2.21. The topological polar surface area (TPSA) is 127 Å². The number of nitrogens with zero attached hydrogens (tertiary/aromatic N) is 2. The van der Waals surface area contributed by atoms with E-state index in [1.54, 1.807) is 12.1 Å². The van der Waals surface area contributed by atoms with E-state index in [0.29, 0.717) is 6.04 Å². The molecule has 1 aromatic heterocycles. The summed E-state index contributed by atoms with van der Waals surface area (Å²) >= 11 is 5.83. The lowest BCUT2D eigenvalue weighted by atomic mass is 10.0. The third-order valence-corrected chi connectivity index (χ3v) is 4.83. The number of aryl methyl sites for hydroxylation is 1. The Morgan fingerprint density at radius 1 is 1.26 bits per heavy atom. The van der Waals surface area contributed by atoms with E-state index in [1.165, 1.54) is 11.6 Å². The molecular weight excluding hydrogens is 366 g/mol. The van der Waals surface area contributed by atoms with Crippen molar-refractivity contribution in [2.45, 2.75) is 38.1 Å². The van der Waals surface area contributed by atoms with Gasteiger partial charge in [-0.25, -0.2) is 9.97 Å². The molecule has 1 aromatic carbocycles. The van der Waals surface area contributed by atoms with Crippen molar-refractivity contribution in [3.63, 3.8) is 0 Å². The summed E-state index contributed by atoms with van der Waals surface area (Å²) in [6, 6.07) is 7.61. The molecule has 2 heterocycles. The van der Waals surface area contributed by atoms with Crippen LogP contribution in [0.15, 0.2) is 36.0 Å². The van der Waals surface area contributed by atoms with E-state index < -0.39 is 0 Å². The standard InChI is InChI=1S/C19H22ClN5O2/c20-17-19(22)25-18(21)16(24-17)15(27)10-13-7-6-12(23-13)3-1-2-11-4-8-14(26)9-5-11/h4-5,8-10,12,23,26H,1-3,6-7H2,(H4,21,22,25)/b13-10+/t12-/m1/s1. The molecule has 0 saturated carbocycles. The summed E-state index contributed by atoms with van der Waals surface area (Å²) in [5, 5.41) is 12.7. The predicted octanol–water partition coefficient (Wildman–Crippen LogP) is 2.84. The number of aromatic nitrogens is 2. The fraction of sp³-hybridized carbons (Fsp3) is 0.316. The number of hydrogen-bond acceptors (Lipinski definition) is 7. The van der Waals surface area contributed by atoms with Gasteiger partial charge in [-0.05, 0) is 49.8 Å². The minimum atomic E-state index is -0.339. The van der Waals surface area contributed by atoms with Crippen molar-refractivity contribution >= 4 is 29.0 Å². The van der Waals surface area contributed by atoms with Crippen molar-refractivity contribution in [2.75, 3.05) is 11.5 Å². The normalized spacial score (nSPS) is 17.8. The Kier molecular flexibility index (Phi) is 5.81. The molecule has 1 aliphatic rings. The maximum atomic E-state index is 12.4. The van der Waals surface area contributed by atoms with Gasteiger partial charge in [-0.2, -0.15) is 0 Å². The van der Waals surface area contributed by atoms with Gasteiger partial charge in [-0.1, -0.05) is 23.7 Å². The third-order valence-electron chi connectivity index (χ3n) is 4.55. The number of allylic oxidation sites excluding steroid dienone is 2. The van der Waals surface area contributed by atoms with Gasteiger partial charge in [0.25, 0.3) is 0 Å². The SMILES string of the molecule is Nc1nc(N)c(C(=O)/C=C2\CC[C@@H](CCCc3ccc(O)cc3)N2)nc1Cl. The van der Waals surface area contributed by atoms with E-state index in [4.69, 9.17) is 23.1 Å². The van der Waals surface area contributed by atoms with E-state index in [2.05, 4.69) is 15.3 Å². The third kappa shape index (κ3) is 4.89. The van der Waals surface area contributed by atoms with Crippen LogP contribution >= 0.6 is 11.6 Å². The van der Waals surface area contributed by atoms with Gasteiger partial charge in [-0.15, -0.1) is 0 Å².